The molecule has 2 atom stereocenters. The third-order valence-electron chi connectivity index (χ3n) is 2.60. The highest BCUT2D eigenvalue weighted by atomic mass is 32.2. The molecule has 76 valence electrons. The minimum atomic E-state index is 0.424. The quantitative estimate of drug-likeness (QED) is 0.824. The van der Waals surface area contributed by atoms with Gasteiger partial charge in [-0.25, -0.2) is 0 Å². The molecule has 1 aliphatic rings. The number of nitrogens with one attached hydrogen (secondary N) is 1. The Balaban J connectivity index is 1.92. The Morgan fingerprint density at radius 2 is 2.57 bits per heavy atom. The maximum Gasteiger partial charge on any atom is 0.0315 e. The van der Waals surface area contributed by atoms with E-state index in [1.54, 1.807) is 0 Å². The average molecular weight is 208 g/mol. The summed E-state index contributed by atoms with van der Waals surface area (Å²) in [6.45, 7) is 2.21. The molecule has 0 amide bonds. The minimum Gasteiger partial charge on any atom is -0.307 e. The van der Waals surface area contributed by atoms with Crippen LogP contribution in [0.2, 0.25) is 0 Å². The molecule has 0 aromatic carbocycles. The summed E-state index contributed by atoms with van der Waals surface area (Å²) >= 11 is 2.04. The third kappa shape index (κ3) is 2.49. The van der Waals surface area contributed by atoms with E-state index in [0.717, 1.165) is 0 Å². The number of pyridine rings is 1. The van der Waals surface area contributed by atoms with E-state index >= 15 is 0 Å². The molecule has 0 bridgehead atoms. The number of hydrogen-bond donors (Lipinski definition) is 1. The average Bonchev–Trinajstić information content (AvgIpc) is 2.72. The summed E-state index contributed by atoms with van der Waals surface area (Å²) in [5, 5.41) is 3.63. The standard InChI is InChI=1S/C11H16N2S/c1-9(10-3-2-5-12-7-10)13-11-4-6-14-8-11/h2-3,5,7,9,11,13H,4,6,8H2,1H3/t9-,11+/m0/s1. The minimum absolute atomic E-state index is 0.424. The smallest absolute Gasteiger partial charge is 0.0315 e. The normalized spacial score (nSPS) is 23.6. The van der Waals surface area contributed by atoms with E-state index in [9.17, 15) is 0 Å². The highest BCUT2D eigenvalue weighted by molar-refractivity contribution is 7.99. The van der Waals surface area contributed by atoms with Crippen LogP contribution in [0.15, 0.2) is 24.5 Å². The number of hydrogen-bond acceptors (Lipinski definition) is 3. The van der Waals surface area contributed by atoms with E-state index in [0.29, 0.717) is 12.1 Å². The largest absolute Gasteiger partial charge is 0.307 e. The van der Waals surface area contributed by atoms with Gasteiger partial charge in [0.05, 0.1) is 0 Å². The van der Waals surface area contributed by atoms with Gasteiger partial charge in [0.25, 0.3) is 0 Å². The Morgan fingerprint density at radius 1 is 1.64 bits per heavy atom. The topological polar surface area (TPSA) is 24.9 Å². The number of rotatable bonds is 3. The van der Waals surface area contributed by atoms with Crippen LogP contribution >= 0.6 is 11.8 Å². The Kier molecular flexibility index (Phi) is 3.43. The van der Waals surface area contributed by atoms with Gasteiger partial charge in [-0.05, 0) is 30.7 Å². The van der Waals surface area contributed by atoms with Crippen molar-refractivity contribution in [1.29, 1.82) is 0 Å². The van der Waals surface area contributed by atoms with Crippen molar-refractivity contribution in [3.63, 3.8) is 0 Å². The Morgan fingerprint density at radius 3 is 3.21 bits per heavy atom. The van der Waals surface area contributed by atoms with Crippen LogP contribution in [0, 0.1) is 0 Å². The highest BCUT2D eigenvalue weighted by Gasteiger charge is 2.17. The zero-order chi connectivity index (χ0) is 9.80. The molecule has 1 aromatic rings. The summed E-state index contributed by atoms with van der Waals surface area (Å²) in [6.07, 6.45) is 5.07. The second-order valence-electron chi connectivity index (χ2n) is 3.74. The van der Waals surface area contributed by atoms with E-state index < -0.39 is 0 Å². The summed E-state index contributed by atoms with van der Waals surface area (Å²) in [5.74, 6) is 2.56. The van der Waals surface area contributed by atoms with Gasteiger partial charge in [0, 0.05) is 30.2 Å². The van der Waals surface area contributed by atoms with E-state index in [4.69, 9.17) is 0 Å². The van der Waals surface area contributed by atoms with Crippen molar-refractivity contribution >= 4 is 11.8 Å². The first kappa shape index (κ1) is 9.99. The summed E-state index contributed by atoms with van der Waals surface area (Å²) in [5.41, 5.74) is 1.28. The molecule has 0 radical (unpaired) electrons. The van der Waals surface area contributed by atoms with Gasteiger partial charge in [0.1, 0.15) is 0 Å². The third-order valence-corrected chi connectivity index (χ3v) is 3.76. The lowest BCUT2D eigenvalue weighted by molar-refractivity contribution is 0.485. The van der Waals surface area contributed by atoms with Gasteiger partial charge in [0.15, 0.2) is 0 Å². The van der Waals surface area contributed by atoms with Crippen LogP contribution < -0.4 is 5.32 Å². The van der Waals surface area contributed by atoms with Crippen molar-refractivity contribution < 1.29 is 0 Å². The Hall–Kier alpha value is -0.540. The molecule has 2 heterocycles. The van der Waals surface area contributed by atoms with Crippen LogP contribution in [0.25, 0.3) is 0 Å². The molecule has 1 saturated heterocycles. The summed E-state index contributed by atoms with van der Waals surface area (Å²) < 4.78 is 0. The highest BCUT2D eigenvalue weighted by Crippen LogP contribution is 2.20. The molecule has 1 N–H and O–H groups in total. The van der Waals surface area contributed by atoms with E-state index in [2.05, 4.69) is 23.3 Å². The second-order valence-corrected chi connectivity index (χ2v) is 4.89. The molecule has 0 saturated carbocycles. The van der Waals surface area contributed by atoms with Gasteiger partial charge in [-0.1, -0.05) is 6.07 Å². The summed E-state index contributed by atoms with van der Waals surface area (Å²) in [7, 11) is 0. The van der Waals surface area contributed by atoms with Crippen LogP contribution in [-0.2, 0) is 0 Å². The monoisotopic (exact) mass is 208 g/mol. The predicted octanol–water partition coefficient (Wildman–Crippen LogP) is 2.24. The second kappa shape index (κ2) is 4.80. The molecular formula is C11H16N2S. The molecule has 1 fully saturated rings. The molecule has 14 heavy (non-hydrogen) atoms. The molecule has 1 aliphatic heterocycles. The molecular weight excluding hydrogens is 192 g/mol. The molecule has 2 nitrogen and oxygen atoms in total. The van der Waals surface area contributed by atoms with Gasteiger partial charge in [-0.15, -0.1) is 0 Å². The lowest BCUT2D eigenvalue weighted by Gasteiger charge is -2.18. The van der Waals surface area contributed by atoms with Crippen molar-refractivity contribution in [2.75, 3.05) is 11.5 Å². The molecule has 0 spiro atoms. The molecule has 0 unspecified atom stereocenters. The zero-order valence-corrected chi connectivity index (χ0v) is 9.26. The van der Waals surface area contributed by atoms with Crippen molar-refractivity contribution in [3.8, 4) is 0 Å². The number of thioether (sulfide) groups is 1. The first-order chi connectivity index (χ1) is 6.86. The SMILES string of the molecule is C[C@H](N[C@@H]1CCSC1)c1cccnc1. The van der Waals surface area contributed by atoms with Gasteiger partial charge in [0.2, 0.25) is 0 Å². The van der Waals surface area contributed by atoms with Crippen LogP contribution in [0.4, 0.5) is 0 Å². The maximum absolute atomic E-state index is 4.14. The van der Waals surface area contributed by atoms with Gasteiger partial charge in [-0.2, -0.15) is 11.8 Å². The van der Waals surface area contributed by atoms with Crippen LogP contribution in [-0.4, -0.2) is 22.5 Å². The molecule has 2 rings (SSSR count). The van der Waals surface area contributed by atoms with Gasteiger partial charge < -0.3 is 5.32 Å². The first-order valence-electron chi connectivity index (χ1n) is 5.10. The van der Waals surface area contributed by atoms with Crippen LogP contribution in [0.1, 0.15) is 24.9 Å². The van der Waals surface area contributed by atoms with Crippen molar-refractivity contribution in [3.05, 3.63) is 30.1 Å². The van der Waals surface area contributed by atoms with E-state index in [1.165, 1.54) is 23.5 Å². The van der Waals surface area contributed by atoms with Crippen LogP contribution in [0.3, 0.4) is 0 Å². The summed E-state index contributed by atoms with van der Waals surface area (Å²) in [6, 6.07) is 5.24. The van der Waals surface area contributed by atoms with Crippen molar-refractivity contribution in [2.45, 2.75) is 25.4 Å². The lowest BCUT2D eigenvalue weighted by atomic mass is 10.1. The maximum atomic E-state index is 4.14. The lowest BCUT2D eigenvalue weighted by Crippen LogP contribution is -2.31. The predicted molar refractivity (Wildman–Crippen MR) is 61.5 cm³/mol. The van der Waals surface area contributed by atoms with Crippen molar-refractivity contribution in [1.82, 2.24) is 10.3 Å². The van der Waals surface area contributed by atoms with E-state index in [-0.39, 0.29) is 0 Å². The van der Waals surface area contributed by atoms with Crippen LogP contribution in [0.5, 0.6) is 0 Å². The number of aromatic nitrogens is 1. The Labute approximate surface area is 89.5 Å². The zero-order valence-electron chi connectivity index (χ0n) is 8.44. The first-order valence-corrected chi connectivity index (χ1v) is 6.25. The number of nitrogens with zero attached hydrogens (tertiary/aromatic N) is 1. The molecule has 1 aromatic heterocycles. The van der Waals surface area contributed by atoms with E-state index in [1.807, 2.05) is 30.2 Å². The van der Waals surface area contributed by atoms with Crippen molar-refractivity contribution in [2.24, 2.45) is 0 Å². The van der Waals surface area contributed by atoms with Gasteiger partial charge >= 0.3 is 0 Å². The molecule has 3 heteroatoms. The molecule has 0 aliphatic carbocycles. The fourth-order valence-electron chi connectivity index (χ4n) is 1.75. The fourth-order valence-corrected chi connectivity index (χ4v) is 2.91. The Bertz CT molecular complexity index is 270. The fraction of sp³-hybridized carbons (Fsp3) is 0.545. The van der Waals surface area contributed by atoms with Gasteiger partial charge in [-0.3, -0.25) is 4.98 Å². The summed E-state index contributed by atoms with van der Waals surface area (Å²) in [4.78, 5) is 4.14.